The fourth-order valence-corrected chi connectivity index (χ4v) is 5.95. The van der Waals surface area contributed by atoms with E-state index in [2.05, 4.69) is 135 Å². The minimum absolute atomic E-state index is 0. The quantitative estimate of drug-likeness (QED) is 0.236. The molecule has 7 heteroatoms. The zero-order chi connectivity index (χ0) is 26.0. The molecule has 4 aromatic rings. The van der Waals surface area contributed by atoms with Crippen LogP contribution in [0.5, 0.6) is 0 Å². The number of aryl methyl sites for hydroxylation is 1. The van der Waals surface area contributed by atoms with Gasteiger partial charge in [0.2, 0.25) is 0 Å². The third-order valence-corrected chi connectivity index (χ3v) is 7.97. The lowest BCUT2D eigenvalue weighted by Crippen LogP contribution is -2.56. The van der Waals surface area contributed by atoms with Gasteiger partial charge in [0.25, 0.3) is 0 Å². The van der Waals surface area contributed by atoms with E-state index in [4.69, 9.17) is 4.98 Å². The number of imidazole rings is 1. The Hall–Kier alpha value is -2.34. The van der Waals surface area contributed by atoms with Crippen molar-refractivity contribution in [3.63, 3.8) is 0 Å². The largest absolute Gasteiger partial charge is 0.342 e. The van der Waals surface area contributed by atoms with Crippen LogP contribution in [0.4, 0.5) is 0 Å². The van der Waals surface area contributed by atoms with Crippen LogP contribution in [0.15, 0.2) is 84.9 Å². The smallest absolute Gasteiger partial charge is 0.137 e. The third kappa shape index (κ3) is 6.75. The Morgan fingerprint density at radius 3 is 1.82 bits per heavy atom. The van der Waals surface area contributed by atoms with Crippen molar-refractivity contribution >= 4 is 37.2 Å². The summed E-state index contributed by atoms with van der Waals surface area (Å²) in [5, 5.41) is 3.55. The summed E-state index contributed by atoms with van der Waals surface area (Å²) < 4.78 is 0. The van der Waals surface area contributed by atoms with E-state index in [1.807, 2.05) is 0 Å². The molecular formula is C33H43Cl3N4. The van der Waals surface area contributed by atoms with Crippen molar-refractivity contribution in [3.05, 3.63) is 113 Å². The molecule has 1 aliphatic heterocycles. The number of halogens is 3. The van der Waals surface area contributed by atoms with Crippen LogP contribution < -0.4 is 5.32 Å². The van der Waals surface area contributed by atoms with Gasteiger partial charge in [-0.25, -0.2) is 4.98 Å². The first-order valence-electron chi connectivity index (χ1n) is 13.5. The van der Waals surface area contributed by atoms with Crippen LogP contribution in [0.3, 0.4) is 0 Å². The maximum absolute atomic E-state index is 5.40. The number of piperazine rings is 1. The molecule has 4 nitrogen and oxygen atoms in total. The fourth-order valence-electron chi connectivity index (χ4n) is 5.95. The van der Waals surface area contributed by atoms with Gasteiger partial charge in [-0.05, 0) is 42.0 Å². The predicted molar refractivity (Wildman–Crippen MR) is 176 cm³/mol. The van der Waals surface area contributed by atoms with Crippen molar-refractivity contribution in [2.75, 3.05) is 26.2 Å². The average molecular weight is 602 g/mol. The first-order valence-corrected chi connectivity index (χ1v) is 13.5. The van der Waals surface area contributed by atoms with E-state index in [1.165, 1.54) is 16.7 Å². The van der Waals surface area contributed by atoms with Gasteiger partial charge in [-0.2, -0.15) is 0 Å². The lowest BCUT2D eigenvalue weighted by Gasteiger charge is -2.48. The van der Waals surface area contributed by atoms with Crippen molar-refractivity contribution in [2.45, 2.75) is 51.5 Å². The fraction of sp³-hybridized carbons (Fsp3) is 0.364. The monoisotopic (exact) mass is 600 g/mol. The van der Waals surface area contributed by atoms with Gasteiger partial charge in [0.1, 0.15) is 5.82 Å². The van der Waals surface area contributed by atoms with Crippen LogP contribution in [0.25, 0.3) is 11.4 Å². The van der Waals surface area contributed by atoms with Crippen molar-refractivity contribution < 1.29 is 0 Å². The summed E-state index contributed by atoms with van der Waals surface area (Å²) in [6.07, 6.45) is 0. The van der Waals surface area contributed by atoms with Crippen LogP contribution >= 0.6 is 37.2 Å². The van der Waals surface area contributed by atoms with Crippen molar-refractivity contribution in [1.29, 1.82) is 0 Å². The zero-order valence-corrected chi connectivity index (χ0v) is 26.6. The molecule has 2 heterocycles. The second-order valence-corrected chi connectivity index (χ2v) is 11.5. The second kappa shape index (κ2) is 14.0. The summed E-state index contributed by atoms with van der Waals surface area (Å²) in [6, 6.07) is 30.8. The minimum Gasteiger partial charge on any atom is -0.342 e. The van der Waals surface area contributed by atoms with Gasteiger partial charge in [0, 0.05) is 43.4 Å². The molecule has 1 unspecified atom stereocenters. The van der Waals surface area contributed by atoms with Crippen molar-refractivity contribution in [2.24, 2.45) is 0 Å². The SMILES string of the molecule is Cc1[nH]c(-c2cccc(C(C)(C)C)c2)nc1C(C)(C(c1ccccc1)c1ccccc1)N1CCNCC1.Cl.Cl.Cl. The molecule has 1 aromatic heterocycles. The summed E-state index contributed by atoms with van der Waals surface area (Å²) in [5.41, 5.74) is 7.09. The number of hydrogen-bond acceptors (Lipinski definition) is 3. The van der Waals surface area contributed by atoms with E-state index in [-0.39, 0.29) is 54.1 Å². The van der Waals surface area contributed by atoms with E-state index in [1.54, 1.807) is 0 Å². The van der Waals surface area contributed by atoms with Gasteiger partial charge in [0.15, 0.2) is 0 Å². The molecule has 0 radical (unpaired) electrons. The molecule has 2 N–H and O–H groups in total. The topological polar surface area (TPSA) is 44.0 Å². The zero-order valence-electron chi connectivity index (χ0n) is 24.1. The molecule has 0 bridgehead atoms. The Morgan fingerprint density at radius 2 is 1.30 bits per heavy atom. The van der Waals surface area contributed by atoms with Gasteiger partial charge in [-0.1, -0.05) is 99.6 Å². The van der Waals surface area contributed by atoms with Crippen molar-refractivity contribution in [3.8, 4) is 11.4 Å². The Kier molecular flexibility index (Phi) is 11.9. The van der Waals surface area contributed by atoms with Gasteiger partial charge >= 0.3 is 0 Å². The lowest BCUT2D eigenvalue weighted by molar-refractivity contribution is 0.0673. The van der Waals surface area contributed by atoms with Gasteiger partial charge < -0.3 is 10.3 Å². The first kappa shape index (κ1) is 33.9. The highest BCUT2D eigenvalue weighted by atomic mass is 35.5. The van der Waals surface area contributed by atoms with E-state index < -0.39 is 0 Å². The van der Waals surface area contributed by atoms with Crippen LogP contribution in [-0.4, -0.2) is 41.0 Å². The summed E-state index contributed by atoms with van der Waals surface area (Å²) in [6.45, 7) is 15.3. The molecule has 3 aromatic carbocycles. The van der Waals surface area contributed by atoms with Gasteiger partial charge in [0.05, 0.1) is 11.2 Å². The predicted octanol–water partition coefficient (Wildman–Crippen LogP) is 7.90. The van der Waals surface area contributed by atoms with Crippen LogP contribution in [0.1, 0.15) is 61.7 Å². The number of aromatic nitrogens is 2. The molecule has 0 amide bonds. The number of benzene rings is 3. The van der Waals surface area contributed by atoms with Crippen molar-refractivity contribution in [1.82, 2.24) is 20.2 Å². The maximum atomic E-state index is 5.40. The minimum atomic E-state index is -0.342. The van der Waals surface area contributed by atoms with E-state index >= 15 is 0 Å². The van der Waals surface area contributed by atoms with E-state index in [0.717, 1.165) is 49.0 Å². The number of rotatable bonds is 6. The normalized spacial score (nSPS) is 15.3. The number of H-pyrrole nitrogens is 1. The molecule has 216 valence electrons. The standard InChI is InChI=1S/C33H40N4.3ClH/c1-24-30(36-31(35-24)27-17-12-18-28(23-27)32(2,3)4)33(5,37-21-19-34-20-22-37)29(25-13-8-6-9-14-25)26-15-10-7-11-16-26;;;/h6-18,23,29,34H,19-22H2,1-5H3,(H,35,36);3*1H. The van der Waals surface area contributed by atoms with Crippen LogP contribution in [0.2, 0.25) is 0 Å². The Morgan fingerprint density at radius 1 is 0.750 bits per heavy atom. The van der Waals surface area contributed by atoms with Crippen LogP contribution in [0, 0.1) is 6.92 Å². The Balaban J connectivity index is 0.00000187. The number of hydrogen-bond donors (Lipinski definition) is 2. The molecule has 0 aliphatic carbocycles. The molecule has 1 atom stereocenters. The average Bonchev–Trinajstić information content (AvgIpc) is 3.32. The molecule has 0 spiro atoms. The van der Waals surface area contributed by atoms with Gasteiger partial charge in [-0.3, -0.25) is 4.90 Å². The maximum Gasteiger partial charge on any atom is 0.137 e. The highest BCUT2D eigenvalue weighted by Crippen LogP contribution is 2.47. The summed E-state index contributed by atoms with van der Waals surface area (Å²) in [4.78, 5) is 11.7. The lowest BCUT2D eigenvalue weighted by atomic mass is 9.72. The molecule has 1 fully saturated rings. The molecule has 1 aliphatic rings. The molecule has 0 saturated carbocycles. The number of nitrogens with zero attached hydrogens (tertiary/aromatic N) is 2. The molecule has 5 rings (SSSR count). The molecule has 1 saturated heterocycles. The third-order valence-electron chi connectivity index (χ3n) is 7.97. The van der Waals surface area contributed by atoms with E-state index in [0.29, 0.717) is 0 Å². The van der Waals surface area contributed by atoms with E-state index in [9.17, 15) is 0 Å². The molecular weight excluding hydrogens is 559 g/mol. The first-order chi connectivity index (χ1) is 17.8. The summed E-state index contributed by atoms with van der Waals surface area (Å²) in [5.74, 6) is 1.07. The van der Waals surface area contributed by atoms with Gasteiger partial charge in [-0.15, -0.1) is 37.2 Å². The Labute approximate surface area is 258 Å². The summed E-state index contributed by atoms with van der Waals surface area (Å²) in [7, 11) is 0. The highest BCUT2D eigenvalue weighted by Gasteiger charge is 2.46. The number of nitrogens with one attached hydrogen (secondary N) is 2. The van der Waals surface area contributed by atoms with Crippen LogP contribution in [-0.2, 0) is 11.0 Å². The highest BCUT2D eigenvalue weighted by molar-refractivity contribution is 5.86. The Bertz CT molecular complexity index is 1290. The number of aromatic amines is 1. The summed E-state index contributed by atoms with van der Waals surface area (Å²) >= 11 is 0. The second-order valence-electron chi connectivity index (χ2n) is 11.5. The molecule has 40 heavy (non-hydrogen) atoms.